The Morgan fingerprint density at radius 1 is 1.29 bits per heavy atom. The number of rotatable bonds is 5. The van der Waals surface area contributed by atoms with Crippen LogP contribution in [-0.2, 0) is 0 Å². The smallest absolute Gasteiger partial charge is 0.316 e. The van der Waals surface area contributed by atoms with Crippen LogP contribution in [0.2, 0.25) is 0 Å². The second-order valence-corrected chi connectivity index (χ2v) is 4.47. The van der Waals surface area contributed by atoms with Crippen molar-refractivity contribution in [2.24, 2.45) is 5.92 Å². The minimum Gasteiger partial charge on any atom is -0.316 e. The summed E-state index contributed by atoms with van der Waals surface area (Å²) in [4.78, 5) is 0. The normalized spacial score (nSPS) is 27.4. The molecule has 0 aliphatic heterocycles. The summed E-state index contributed by atoms with van der Waals surface area (Å²) in [6.07, 6.45) is -2.55. The van der Waals surface area contributed by atoms with Gasteiger partial charge in [0, 0.05) is 11.8 Å². The average Bonchev–Trinajstić information content (AvgIpc) is 1.98. The summed E-state index contributed by atoms with van der Waals surface area (Å²) in [5, 5.41) is 3.31. The minimum atomic E-state index is -4.01. The van der Waals surface area contributed by atoms with Gasteiger partial charge in [-0.05, 0) is 38.3 Å². The van der Waals surface area contributed by atoms with Crippen molar-refractivity contribution in [2.45, 2.75) is 37.2 Å². The molecule has 0 aromatic rings. The number of alkyl halides is 4. The van der Waals surface area contributed by atoms with Crippen LogP contribution in [0.3, 0.4) is 0 Å². The van der Waals surface area contributed by atoms with Crippen LogP contribution in [0.1, 0.15) is 25.7 Å². The Hall–Kier alpha value is 0.0400. The fraction of sp³-hybridized carbons (Fsp3) is 1.00. The van der Waals surface area contributed by atoms with E-state index in [4.69, 9.17) is 11.6 Å². The van der Waals surface area contributed by atoms with Crippen LogP contribution < -0.4 is 5.32 Å². The molecule has 84 valence electrons. The van der Waals surface area contributed by atoms with Crippen LogP contribution in [0, 0.1) is 5.92 Å². The predicted molar refractivity (Wildman–Crippen MR) is 50.5 cm³/mol. The van der Waals surface area contributed by atoms with E-state index in [1.807, 2.05) is 0 Å². The summed E-state index contributed by atoms with van der Waals surface area (Å²) >= 11 is 5.77. The highest BCUT2D eigenvalue weighted by atomic mass is 35.5. The van der Waals surface area contributed by atoms with Crippen LogP contribution in [-0.4, -0.2) is 24.6 Å². The van der Waals surface area contributed by atoms with Gasteiger partial charge in [0.05, 0.1) is 0 Å². The molecule has 14 heavy (non-hydrogen) atoms. The van der Waals surface area contributed by atoms with E-state index in [-0.39, 0.29) is 11.8 Å². The van der Waals surface area contributed by atoms with Crippen molar-refractivity contribution in [3.8, 4) is 0 Å². The zero-order valence-electron chi connectivity index (χ0n) is 7.91. The quantitative estimate of drug-likeness (QED) is 0.565. The van der Waals surface area contributed by atoms with E-state index in [9.17, 15) is 13.2 Å². The summed E-state index contributed by atoms with van der Waals surface area (Å²) in [7, 11) is 0. The fourth-order valence-corrected chi connectivity index (χ4v) is 2.04. The highest BCUT2D eigenvalue weighted by Crippen LogP contribution is 2.31. The molecule has 1 N–H and O–H groups in total. The Morgan fingerprint density at radius 2 is 1.93 bits per heavy atom. The minimum absolute atomic E-state index is 0.167. The van der Waals surface area contributed by atoms with Gasteiger partial charge in [0.25, 0.3) is 0 Å². The summed E-state index contributed by atoms with van der Waals surface area (Å²) in [6, 6.07) is 0. The van der Waals surface area contributed by atoms with Crippen LogP contribution in [0.25, 0.3) is 0 Å². The molecule has 0 atom stereocenters. The lowest BCUT2D eigenvalue weighted by molar-refractivity contribution is -0.135. The highest BCUT2D eigenvalue weighted by Gasteiger charge is 2.27. The maximum atomic E-state index is 11.7. The molecule has 1 aliphatic rings. The molecule has 0 aromatic carbocycles. The Kier molecular flexibility index (Phi) is 4.51. The summed E-state index contributed by atoms with van der Waals surface area (Å²) in [5.74, 6) is 0.573. The largest absolute Gasteiger partial charge is 0.389 e. The molecule has 0 heterocycles. The Labute approximate surface area is 87.0 Å². The van der Waals surface area contributed by atoms with Crippen LogP contribution in [0.4, 0.5) is 13.2 Å². The third-order valence-electron chi connectivity index (χ3n) is 2.42. The van der Waals surface area contributed by atoms with Gasteiger partial charge < -0.3 is 5.32 Å². The van der Waals surface area contributed by atoms with E-state index < -0.39 is 12.6 Å². The molecular formula is C9H15ClF3N. The maximum Gasteiger partial charge on any atom is 0.389 e. The molecule has 1 aliphatic carbocycles. The SMILES string of the molecule is FC(F)(F)CCCNCC1CC(Cl)C1. The molecule has 0 bridgehead atoms. The number of hydrogen-bond acceptors (Lipinski definition) is 1. The zero-order valence-corrected chi connectivity index (χ0v) is 8.67. The Bertz CT molecular complexity index is 166. The lowest BCUT2D eigenvalue weighted by Gasteiger charge is -2.30. The molecule has 5 heteroatoms. The van der Waals surface area contributed by atoms with Crippen molar-refractivity contribution in [3.63, 3.8) is 0 Å². The van der Waals surface area contributed by atoms with Crippen LogP contribution >= 0.6 is 11.6 Å². The van der Waals surface area contributed by atoms with Gasteiger partial charge >= 0.3 is 6.18 Å². The van der Waals surface area contributed by atoms with Crippen molar-refractivity contribution in [2.75, 3.05) is 13.1 Å². The van der Waals surface area contributed by atoms with Crippen molar-refractivity contribution in [1.82, 2.24) is 5.32 Å². The second-order valence-electron chi connectivity index (χ2n) is 3.86. The van der Waals surface area contributed by atoms with Gasteiger partial charge in [-0.2, -0.15) is 13.2 Å². The Morgan fingerprint density at radius 3 is 2.43 bits per heavy atom. The van der Waals surface area contributed by atoms with E-state index in [1.165, 1.54) is 0 Å². The first-order chi connectivity index (χ1) is 6.47. The molecule has 1 fully saturated rings. The summed E-state index contributed by atoms with van der Waals surface area (Å²) < 4.78 is 35.2. The maximum absolute atomic E-state index is 11.7. The fourth-order valence-electron chi connectivity index (χ4n) is 1.54. The van der Waals surface area contributed by atoms with Gasteiger partial charge in [-0.15, -0.1) is 11.6 Å². The zero-order chi connectivity index (χ0) is 10.6. The van der Waals surface area contributed by atoms with E-state index in [2.05, 4.69) is 5.32 Å². The van der Waals surface area contributed by atoms with E-state index >= 15 is 0 Å². The van der Waals surface area contributed by atoms with Crippen LogP contribution in [0.5, 0.6) is 0 Å². The molecule has 1 rings (SSSR count). The molecule has 0 saturated heterocycles. The molecule has 1 saturated carbocycles. The molecule has 0 unspecified atom stereocenters. The summed E-state index contributed by atoms with van der Waals surface area (Å²) in [6.45, 7) is 1.25. The molecule has 0 aromatic heterocycles. The standard InChI is InChI=1S/C9H15ClF3N/c10-8-4-7(5-8)6-14-3-1-2-9(11,12)13/h7-8,14H,1-6H2. The van der Waals surface area contributed by atoms with Crippen molar-refractivity contribution in [3.05, 3.63) is 0 Å². The first kappa shape index (κ1) is 12.1. The monoisotopic (exact) mass is 229 g/mol. The lowest BCUT2D eigenvalue weighted by Crippen LogP contribution is -2.34. The second kappa shape index (κ2) is 5.21. The number of hydrogen-bond donors (Lipinski definition) is 1. The molecule has 0 spiro atoms. The van der Waals surface area contributed by atoms with Crippen molar-refractivity contribution >= 4 is 11.6 Å². The van der Waals surface area contributed by atoms with Crippen LogP contribution in [0.15, 0.2) is 0 Å². The third kappa shape index (κ3) is 5.05. The van der Waals surface area contributed by atoms with Gasteiger partial charge in [-0.3, -0.25) is 0 Å². The van der Waals surface area contributed by atoms with Gasteiger partial charge in [0.15, 0.2) is 0 Å². The van der Waals surface area contributed by atoms with E-state index in [1.54, 1.807) is 0 Å². The molecule has 1 nitrogen and oxygen atoms in total. The first-order valence-electron chi connectivity index (χ1n) is 4.89. The Balaban J connectivity index is 1.85. The van der Waals surface area contributed by atoms with E-state index in [0.717, 1.165) is 19.4 Å². The van der Waals surface area contributed by atoms with Crippen molar-refractivity contribution < 1.29 is 13.2 Å². The third-order valence-corrected chi connectivity index (χ3v) is 2.78. The highest BCUT2D eigenvalue weighted by molar-refractivity contribution is 6.21. The number of nitrogens with one attached hydrogen (secondary N) is 1. The van der Waals surface area contributed by atoms with Crippen molar-refractivity contribution in [1.29, 1.82) is 0 Å². The molecule has 0 amide bonds. The van der Waals surface area contributed by atoms with E-state index in [0.29, 0.717) is 12.5 Å². The van der Waals surface area contributed by atoms with Gasteiger partial charge in [-0.25, -0.2) is 0 Å². The molecule has 0 radical (unpaired) electrons. The molecular weight excluding hydrogens is 215 g/mol. The number of halogens is 4. The predicted octanol–water partition coefficient (Wildman–Crippen LogP) is 2.94. The van der Waals surface area contributed by atoms with Gasteiger partial charge in [-0.1, -0.05) is 0 Å². The van der Waals surface area contributed by atoms with Gasteiger partial charge in [0.1, 0.15) is 0 Å². The summed E-state index contributed by atoms with van der Waals surface area (Å²) in [5.41, 5.74) is 0. The average molecular weight is 230 g/mol. The lowest BCUT2D eigenvalue weighted by atomic mass is 9.85. The first-order valence-corrected chi connectivity index (χ1v) is 5.32. The van der Waals surface area contributed by atoms with Gasteiger partial charge in [0.2, 0.25) is 0 Å². The topological polar surface area (TPSA) is 12.0 Å².